The predicted octanol–water partition coefficient (Wildman–Crippen LogP) is 1.81. The van der Waals surface area contributed by atoms with Crippen LogP contribution in [-0.4, -0.2) is 69.5 Å². The van der Waals surface area contributed by atoms with Gasteiger partial charge in [0.15, 0.2) is 11.6 Å². The van der Waals surface area contributed by atoms with Crippen LogP contribution in [0, 0.1) is 5.82 Å². The Bertz CT molecular complexity index is 561. The fourth-order valence-electron chi connectivity index (χ4n) is 3.60. The Morgan fingerprint density at radius 1 is 1.19 bits per heavy atom. The third-order valence-corrected chi connectivity index (χ3v) is 5.27. The highest BCUT2D eigenvalue weighted by atomic mass is 19.1. The maximum Gasteiger partial charge on any atom is 0.167 e. The van der Waals surface area contributed by atoms with Gasteiger partial charge in [-0.1, -0.05) is 0 Å². The van der Waals surface area contributed by atoms with E-state index in [0.29, 0.717) is 31.9 Å². The largest absolute Gasteiger partial charge is 0.488 e. The van der Waals surface area contributed by atoms with Gasteiger partial charge in [0.05, 0.1) is 13.2 Å². The Morgan fingerprint density at radius 2 is 2.04 bits per heavy atom. The van der Waals surface area contributed by atoms with Crippen molar-refractivity contribution in [3.63, 3.8) is 0 Å². The summed E-state index contributed by atoms with van der Waals surface area (Å²) >= 11 is 0. The first-order valence-electron chi connectivity index (χ1n) is 10.2. The maximum atomic E-state index is 14.2. The number of benzene rings is 1. The van der Waals surface area contributed by atoms with E-state index in [-0.39, 0.29) is 11.6 Å². The van der Waals surface area contributed by atoms with E-state index in [4.69, 9.17) is 15.2 Å². The Morgan fingerprint density at radius 3 is 2.78 bits per heavy atom. The summed E-state index contributed by atoms with van der Waals surface area (Å²) in [6, 6.07) is 5.77. The van der Waals surface area contributed by atoms with Crippen LogP contribution in [0.1, 0.15) is 25.7 Å². The first-order valence-corrected chi connectivity index (χ1v) is 10.2. The van der Waals surface area contributed by atoms with E-state index in [9.17, 15) is 4.39 Å². The van der Waals surface area contributed by atoms with Crippen molar-refractivity contribution in [2.24, 2.45) is 5.73 Å². The second-order valence-electron chi connectivity index (χ2n) is 7.47. The molecule has 0 aliphatic carbocycles. The first-order chi connectivity index (χ1) is 13.2. The molecule has 1 aromatic rings. The summed E-state index contributed by atoms with van der Waals surface area (Å²) in [4.78, 5) is 2.37. The van der Waals surface area contributed by atoms with Gasteiger partial charge in [-0.25, -0.2) is 4.39 Å². The van der Waals surface area contributed by atoms with E-state index in [0.717, 1.165) is 64.1 Å². The highest BCUT2D eigenvalue weighted by Gasteiger charge is 2.15. The van der Waals surface area contributed by atoms with E-state index in [1.165, 1.54) is 6.07 Å². The Balaban J connectivity index is 1.30. The minimum absolute atomic E-state index is 0.274. The SMILES string of the molecule is NC1CCN(CCOCCOc2ccc(NC3CCCNC3)cc2F)CC1. The number of halogens is 1. The average Bonchev–Trinajstić information content (AvgIpc) is 2.68. The molecule has 0 spiro atoms. The molecule has 2 heterocycles. The number of hydrogen-bond donors (Lipinski definition) is 3. The first kappa shape index (κ1) is 20.3. The van der Waals surface area contributed by atoms with Crippen molar-refractivity contribution in [3.8, 4) is 5.75 Å². The lowest BCUT2D eigenvalue weighted by atomic mass is 10.1. The maximum absolute atomic E-state index is 14.2. The minimum Gasteiger partial charge on any atom is -0.488 e. The lowest BCUT2D eigenvalue weighted by molar-refractivity contribution is 0.0727. The second kappa shape index (κ2) is 10.8. The van der Waals surface area contributed by atoms with Crippen LogP contribution >= 0.6 is 0 Å². The quantitative estimate of drug-likeness (QED) is 0.568. The van der Waals surface area contributed by atoms with Crippen LogP contribution in [0.25, 0.3) is 0 Å². The van der Waals surface area contributed by atoms with Crippen molar-refractivity contribution < 1.29 is 13.9 Å². The van der Waals surface area contributed by atoms with Gasteiger partial charge in [-0.2, -0.15) is 0 Å². The van der Waals surface area contributed by atoms with Gasteiger partial charge in [0, 0.05) is 36.9 Å². The molecule has 1 unspecified atom stereocenters. The number of nitrogens with zero attached hydrogens (tertiary/aromatic N) is 1. The van der Waals surface area contributed by atoms with Crippen LogP contribution in [0.4, 0.5) is 10.1 Å². The second-order valence-corrected chi connectivity index (χ2v) is 7.47. The van der Waals surface area contributed by atoms with Crippen LogP contribution < -0.4 is 21.1 Å². The summed E-state index contributed by atoms with van der Waals surface area (Å²) in [5.41, 5.74) is 6.70. The number of rotatable bonds is 9. The Hall–Kier alpha value is -1.41. The molecule has 0 radical (unpaired) electrons. The lowest BCUT2D eigenvalue weighted by Gasteiger charge is -2.29. The summed E-state index contributed by atoms with van der Waals surface area (Å²) in [6.07, 6.45) is 4.37. The van der Waals surface area contributed by atoms with Gasteiger partial charge in [0.25, 0.3) is 0 Å². The van der Waals surface area contributed by atoms with Crippen LogP contribution in [0.2, 0.25) is 0 Å². The molecule has 3 rings (SSSR count). The van der Waals surface area contributed by atoms with Crippen LogP contribution in [0.15, 0.2) is 18.2 Å². The zero-order valence-corrected chi connectivity index (χ0v) is 16.1. The number of nitrogens with one attached hydrogen (secondary N) is 2. The molecule has 0 aromatic heterocycles. The molecule has 1 atom stereocenters. The van der Waals surface area contributed by atoms with Gasteiger partial charge < -0.3 is 30.7 Å². The average molecular weight is 381 g/mol. The van der Waals surface area contributed by atoms with Gasteiger partial charge >= 0.3 is 0 Å². The van der Waals surface area contributed by atoms with Gasteiger partial charge in [-0.15, -0.1) is 0 Å². The van der Waals surface area contributed by atoms with Crippen molar-refractivity contribution >= 4 is 5.69 Å². The van der Waals surface area contributed by atoms with Crippen LogP contribution in [0.5, 0.6) is 5.75 Å². The molecule has 2 aliphatic rings. The Labute approximate surface area is 161 Å². The Kier molecular flexibility index (Phi) is 8.13. The molecular formula is C20H33FN4O2. The fourth-order valence-corrected chi connectivity index (χ4v) is 3.60. The highest BCUT2D eigenvalue weighted by Crippen LogP contribution is 2.22. The smallest absolute Gasteiger partial charge is 0.167 e. The third kappa shape index (κ3) is 6.92. The summed E-state index contributed by atoms with van der Waals surface area (Å²) < 4.78 is 25.3. The fraction of sp³-hybridized carbons (Fsp3) is 0.700. The highest BCUT2D eigenvalue weighted by molar-refractivity contribution is 5.48. The molecule has 2 fully saturated rings. The molecule has 0 amide bonds. The van der Waals surface area contributed by atoms with E-state index >= 15 is 0 Å². The van der Waals surface area contributed by atoms with Gasteiger partial charge in [-0.3, -0.25) is 0 Å². The number of hydrogen-bond acceptors (Lipinski definition) is 6. The van der Waals surface area contributed by atoms with E-state index in [2.05, 4.69) is 15.5 Å². The molecular weight excluding hydrogens is 347 g/mol. The number of nitrogens with two attached hydrogens (primary N) is 1. The molecule has 1 aromatic carbocycles. The number of likely N-dealkylation sites (tertiary alicyclic amines) is 1. The standard InChI is InChI=1S/C20H33FN4O2/c21-19-14-17(24-18-2-1-7-23-15-18)3-4-20(19)27-13-12-26-11-10-25-8-5-16(22)6-9-25/h3-4,14,16,18,23-24H,1-2,5-13,15,22H2. The molecule has 2 aliphatic heterocycles. The normalized spacial score (nSPS) is 21.9. The molecule has 0 saturated carbocycles. The summed E-state index contributed by atoms with van der Waals surface area (Å²) in [7, 11) is 0. The topological polar surface area (TPSA) is 71.8 Å². The van der Waals surface area contributed by atoms with Crippen molar-refractivity contribution in [2.75, 3.05) is 57.9 Å². The van der Waals surface area contributed by atoms with E-state index < -0.39 is 0 Å². The summed E-state index contributed by atoms with van der Waals surface area (Å²) in [5, 5.41) is 6.72. The molecule has 27 heavy (non-hydrogen) atoms. The lowest BCUT2D eigenvalue weighted by Crippen LogP contribution is -2.41. The molecule has 0 bridgehead atoms. The monoisotopic (exact) mass is 380 g/mol. The molecule has 4 N–H and O–H groups in total. The summed E-state index contributed by atoms with van der Waals surface area (Å²) in [5.74, 6) is -0.0654. The van der Waals surface area contributed by atoms with Crippen molar-refractivity contribution in [1.82, 2.24) is 10.2 Å². The van der Waals surface area contributed by atoms with Gasteiger partial charge in [0.1, 0.15) is 6.61 Å². The molecule has 152 valence electrons. The summed E-state index contributed by atoms with van der Waals surface area (Å²) in [6.45, 7) is 6.46. The zero-order valence-electron chi connectivity index (χ0n) is 16.1. The van der Waals surface area contributed by atoms with Gasteiger partial charge in [-0.05, 0) is 57.5 Å². The zero-order chi connectivity index (χ0) is 18.9. The molecule has 6 nitrogen and oxygen atoms in total. The van der Waals surface area contributed by atoms with Gasteiger partial charge in [0.2, 0.25) is 0 Å². The van der Waals surface area contributed by atoms with Crippen LogP contribution in [-0.2, 0) is 4.74 Å². The predicted molar refractivity (Wildman–Crippen MR) is 106 cm³/mol. The minimum atomic E-state index is -0.339. The van der Waals surface area contributed by atoms with E-state index in [1.54, 1.807) is 6.07 Å². The molecule has 2 saturated heterocycles. The van der Waals surface area contributed by atoms with E-state index in [1.807, 2.05) is 6.07 Å². The third-order valence-electron chi connectivity index (χ3n) is 5.27. The number of anilines is 1. The van der Waals surface area contributed by atoms with Crippen molar-refractivity contribution in [3.05, 3.63) is 24.0 Å². The number of ether oxygens (including phenoxy) is 2. The van der Waals surface area contributed by atoms with Crippen molar-refractivity contribution in [2.45, 2.75) is 37.8 Å². The van der Waals surface area contributed by atoms with Crippen molar-refractivity contribution in [1.29, 1.82) is 0 Å². The number of piperidine rings is 2. The van der Waals surface area contributed by atoms with Crippen LogP contribution in [0.3, 0.4) is 0 Å². The molecule has 7 heteroatoms.